The molecule has 0 saturated carbocycles. The molecule has 232 valence electrons. The number of carbonyl (C=O) groups excluding carboxylic acids is 4. The van der Waals surface area contributed by atoms with Crippen LogP contribution in [0.3, 0.4) is 0 Å². The van der Waals surface area contributed by atoms with Gasteiger partial charge in [-0.05, 0) is 42.0 Å². The number of para-hydroxylation sites is 1. The van der Waals surface area contributed by atoms with Crippen LogP contribution in [0.1, 0.15) is 24.0 Å². The molecular formula is C29H37ClN6O6S. The predicted octanol–water partition coefficient (Wildman–Crippen LogP) is 0.870. The zero-order chi connectivity index (χ0) is 30.6. The van der Waals surface area contributed by atoms with E-state index in [0.29, 0.717) is 5.75 Å². The molecule has 2 aromatic carbocycles. The van der Waals surface area contributed by atoms with Crippen molar-refractivity contribution in [3.05, 3.63) is 71.9 Å². The number of nitrogens with one attached hydrogen (secondary N) is 4. The van der Waals surface area contributed by atoms with E-state index in [4.69, 9.17) is 11.5 Å². The Morgan fingerprint density at radius 1 is 0.860 bits per heavy atom. The van der Waals surface area contributed by atoms with E-state index in [1.54, 1.807) is 36.5 Å². The number of primary amides is 1. The second-order valence-electron chi connectivity index (χ2n) is 9.83. The molecule has 3 aromatic rings. The van der Waals surface area contributed by atoms with Crippen LogP contribution in [0.2, 0.25) is 0 Å². The average molecular weight is 633 g/mol. The minimum atomic E-state index is -1.53. The molecule has 1 aromatic heterocycles. The summed E-state index contributed by atoms with van der Waals surface area (Å²) in [5, 5.41) is 17.9. The maximum atomic E-state index is 13.3. The van der Waals surface area contributed by atoms with Gasteiger partial charge in [-0.25, -0.2) is 0 Å². The van der Waals surface area contributed by atoms with Crippen LogP contribution < -0.4 is 27.4 Å². The lowest BCUT2D eigenvalue weighted by Gasteiger charge is -2.25. The second-order valence-corrected chi connectivity index (χ2v) is 10.8. The largest absolute Gasteiger partial charge is 0.481 e. The minimum absolute atomic E-state index is 0. The topological polar surface area (TPSA) is 209 Å². The zero-order valence-corrected chi connectivity index (χ0v) is 25.2. The molecule has 0 aliphatic heterocycles. The van der Waals surface area contributed by atoms with Crippen molar-refractivity contribution in [2.24, 2.45) is 11.5 Å². The van der Waals surface area contributed by atoms with Crippen LogP contribution in [-0.4, -0.2) is 75.9 Å². The van der Waals surface area contributed by atoms with Crippen LogP contribution in [0.15, 0.2) is 60.8 Å². The number of amides is 4. The van der Waals surface area contributed by atoms with Gasteiger partial charge in [0, 0.05) is 23.5 Å². The Balaban J connectivity index is 0.00000645. The summed E-state index contributed by atoms with van der Waals surface area (Å²) >= 11 is 1.44. The molecule has 43 heavy (non-hydrogen) atoms. The quantitative estimate of drug-likeness (QED) is 0.120. The number of carbonyl (C=O) groups is 5. The van der Waals surface area contributed by atoms with Crippen molar-refractivity contribution >= 4 is 64.7 Å². The lowest BCUT2D eigenvalue weighted by atomic mass is 10.0. The Morgan fingerprint density at radius 2 is 1.47 bits per heavy atom. The smallest absolute Gasteiger partial charge is 0.305 e. The third-order valence-corrected chi connectivity index (χ3v) is 7.29. The summed E-state index contributed by atoms with van der Waals surface area (Å²) in [6.07, 6.45) is 3.36. The predicted molar refractivity (Wildman–Crippen MR) is 168 cm³/mol. The van der Waals surface area contributed by atoms with E-state index < -0.39 is 60.2 Å². The van der Waals surface area contributed by atoms with Gasteiger partial charge in [0.2, 0.25) is 23.6 Å². The Morgan fingerprint density at radius 3 is 2.12 bits per heavy atom. The molecule has 0 aliphatic carbocycles. The molecular weight excluding hydrogens is 596 g/mol. The number of aromatic nitrogens is 1. The van der Waals surface area contributed by atoms with E-state index in [1.807, 2.05) is 30.5 Å². The van der Waals surface area contributed by atoms with Gasteiger partial charge in [-0.15, -0.1) is 12.4 Å². The fraction of sp³-hybridized carbons (Fsp3) is 0.345. The number of benzene rings is 2. The minimum Gasteiger partial charge on any atom is -0.481 e. The first-order valence-corrected chi connectivity index (χ1v) is 14.7. The van der Waals surface area contributed by atoms with Crippen molar-refractivity contribution < 1.29 is 29.1 Å². The molecule has 4 atom stereocenters. The van der Waals surface area contributed by atoms with Gasteiger partial charge >= 0.3 is 5.97 Å². The Hall–Kier alpha value is -4.07. The summed E-state index contributed by atoms with van der Waals surface area (Å²) in [6.45, 7) is 0. The molecule has 14 heteroatoms. The number of aromatic amines is 1. The molecule has 0 bridgehead atoms. The third kappa shape index (κ3) is 10.6. The first kappa shape index (κ1) is 35.1. The van der Waals surface area contributed by atoms with Crippen molar-refractivity contribution in [2.45, 2.75) is 49.9 Å². The van der Waals surface area contributed by atoms with Gasteiger partial charge in [0.15, 0.2) is 0 Å². The molecule has 0 fully saturated rings. The monoisotopic (exact) mass is 632 g/mol. The van der Waals surface area contributed by atoms with Crippen LogP contribution in [0.4, 0.5) is 0 Å². The van der Waals surface area contributed by atoms with Gasteiger partial charge < -0.3 is 37.5 Å². The van der Waals surface area contributed by atoms with Crippen LogP contribution in [-0.2, 0) is 36.8 Å². The van der Waals surface area contributed by atoms with Gasteiger partial charge in [0.05, 0.1) is 12.5 Å². The van der Waals surface area contributed by atoms with Gasteiger partial charge in [-0.2, -0.15) is 11.8 Å². The average Bonchev–Trinajstić information content (AvgIpc) is 3.37. The molecule has 0 aliphatic rings. The number of nitrogens with two attached hydrogens (primary N) is 2. The summed E-state index contributed by atoms with van der Waals surface area (Å²) in [5.41, 5.74) is 14.1. The van der Waals surface area contributed by atoms with Crippen LogP contribution in [0.5, 0.6) is 0 Å². The van der Waals surface area contributed by atoms with Crippen molar-refractivity contribution in [3.8, 4) is 0 Å². The number of halogens is 1. The first-order valence-electron chi connectivity index (χ1n) is 13.3. The normalized spacial score (nSPS) is 13.5. The zero-order valence-electron chi connectivity index (χ0n) is 23.6. The number of rotatable bonds is 16. The van der Waals surface area contributed by atoms with E-state index >= 15 is 0 Å². The Kier molecular flexibility index (Phi) is 14.0. The highest BCUT2D eigenvalue weighted by atomic mass is 35.5. The Labute approximate surface area is 259 Å². The van der Waals surface area contributed by atoms with Crippen LogP contribution in [0, 0.1) is 0 Å². The number of fused-ring (bicyclic) bond motifs is 1. The molecule has 9 N–H and O–H groups in total. The maximum absolute atomic E-state index is 13.3. The van der Waals surface area contributed by atoms with E-state index in [0.717, 1.165) is 22.0 Å². The van der Waals surface area contributed by atoms with Gasteiger partial charge in [0.25, 0.3) is 0 Å². The summed E-state index contributed by atoms with van der Waals surface area (Å²) in [6, 6.07) is 11.7. The summed E-state index contributed by atoms with van der Waals surface area (Å²) < 4.78 is 0. The molecule has 0 unspecified atom stereocenters. The number of carboxylic acids is 1. The van der Waals surface area contributed by atoms with Gasteiger partial charge in [-0.1, -0.05) is 48.5 Å². The highest BCUT2D eigenvalue weighted by Gasteiger charge is 2.31. The Bertz CT molecular complexity index is 1400. The second kappa shape index (κ2) is 17.1. The number of carboxylic acid groups (broad SMARTS) is 1. The van der Waals surface area contributed by atoms with Gasteiger partial charge in [-0.3, -0.25) is 24.0 Å². The number of H-pyrrole nitrogens is 1. The number of hydrogen-bond acceptors (Lipinski definition) is 7. The van der Waals surface area contributed by atoms with E-state index in [2.05, 4.69) is 20.9 Å². The van der Waals surface area contributed by atoms with Crippen molar-refractivity contribution in [1.29, 1.82) is 0 Å². The van der Waals surface area contributed by atoms with Crippen molar-refractivity contribution in [1.82, 2.24) is 20.9 Å². The lowest BCUT2D eigenvalue weighted by molar-refractivity contribution is -0.141. The standard InChI is InChI=1S/C29H36N6O6S.ClH/c1-42-12-11-22(33-27(39)20(30)14-18-16-32-21-10-6-5-9-19(18)21)28(40)35-24(15-25(36)37)29(41)34-23(26(31)38)13-17-7-3-2-4-8-17;/h2-10,16,20,22-24,32H,11-15,30H2,1H3,(H2,31,38)(H,33,39)(H,34,41)(H,35,40)(H,36,37);1H/t20-,22-,23-,24-;/m0./s1. The third-order valence-electron chi connectivity index (χ3n) is 6.65. The van der Waals surface area contributed by atoms with Crippen LogP contribution >= 0.6 is 24.2 Å². The van der Waals surface area contributed by atoms with Crippen LogP contribution in [0.25, 0.3) is 10.9 Å². The summed E-state index contributed by atoms with van der Waals surface area (Å²) in [5.74, 6) is -3.89. The summed E-state index contributed by atoms with van der Waals surface area (Å²) in [4.78, 5) is 66.1. The van der Waals surface area contributed by atoms with Crippen molar-refractivity contribution in [2.75, 3.05) is 12.0 Å². The lowest BCUT2D eigenvalue weighted by Crippen LogP contribution is -2.58. The number of hydrogen-bond donors (Lipinski definition) is 7. The molecule has 4 amide bonds. The molecule has 0 spiro atoms. The summed E-state index contributed by atoms with van der Waals surface area (Å²) in [7, 11) is 0. The van der Waals surface area contributed by atoms with Gasteiger partial charge in [0.1, 0.15) is 18.1 Å². The fourth-order valence-corrected chi connectivity index (χ4v) is 4.89. The number of aliphatic carboxylic acids is 1. The van der Waals surface area contributed by atoms with E-state index in [-0.39, 0.29) is 31.7 Å². The van der Waals surface area contributed by atoms with E-state index in [1.165, 1.54) is 11.8 Å². The molecule has 1 heterocycles. The van der Waals surface area contributed by atoms with E-state index in [9.17, 15) is 29.1 Å². The first-order chi connectivity index (χ1) is 20.1. The van der Waals surface area contributed by atoms with Crippen molar-refractivity contribution in [3.63, 3.8) is 0 Å². The molecule has 0 saturated heterocycles. The fourth-order valence-electron chi connectivity index (χ4n) is 4.41. The highest BCUT2D eigenvalue weighted by Crippen LogP contribution is 2.19. The SMILES string of the molecule is CSCC[C@H](NC(=O)[C@@H](N)Cc1c[nH]c2ccccc12)C(=O)N[C@@H](CC(=O)O)C(=O)N[C@@H](Cc1ccccc1)C(N)=O.Cl. The molecule has 12 nitrogen and oxygen atoms in total. The maximum Gasteiger partial charge on any atom is 0.305 e. The molecule has 0 radical (unpaired) electrons. The molecule has 3 rings (SSSR count). The number of thioether (sulfide) groups is 1. The highest BCUT2D eigenvalue weighted by molar-refractivity contribution is 7.98.